The third-order valence-corrected chi connectivity index (χ3v) is 6.78. The van der Waals surface area contributed by atoms with E-state index in [1.165, 1.54) is 58.8 Å². The number of hydrogen-bond donors (Lipinski definition) is 1. The summed E-state index contributed by atoms with van der Waals surface area (Å²) in [6.45, 7) is 0. The minimum absolute atomic E-state index is 0.0887. The van der Waals surface area contributed by atoms with E-state index in [1.54, 1.807) is 11.3 Å². The number of nitrogens with one attached hydrogen (secondary N) is 1. The van der Waals surface area contributed by atoms with Crippen molar-refractivity contribution < 1.29 is 4.98 Å². The molecule has 2 nitrogen and oxygen atoms in total. The van der Waals surface area contributed by atoms with Crippen molar-refractivity contribution in [2.45, 2.75) is 31.1 Å². The lowest BCUT2D eigenvalue weighted by molar-refractivity contribution is -0.373. The van der Waals surface area contributed by atoms with E-state index in [1.807, 2.05) is 0 Å². The summed E-state index contributed by atoms with van der Waals surface area (Å²) in [6.07, 6.45) is 4.92. The predicted octanol–water partition coefficient (Wildman–Crippen LogP) is 5.82. The molecule has 1 saturated carbocycles. The van der Waals surface area contributed by atoms with Gasteiger partial charge in [-0.05, 0) is 40.3 Å². The fourth-order valence-electron chi connectivity index (χ4n) is 4.68. The molecule has 0 amide bonds. The van der Waals surface area contributed by atoms with Gasteiger partial charge in [-0.15, -0.1) is 0 Å². The van der Waals surface area contributed by atoms with E-state index in [-0.39, 0.29) is 5.41 Å². The van der Waals surface area contributed by atoms with Crippen LogP contribution in [0, 0.1) is 0 Å². The Kier molecular flexibility index (Phi) is 3.98. The molecule has 0 bridgehead atoms. The van der Waals surface area contributed by atoms with E-state index < -0.39 is 0 Å². The molecule has 1 aliphatic rings. The van der Waals surface area contributed by atoms with E-state index in [9.17, 15) is 0 Å². The zero-order valence-electron chi connectivity index (χ0n) is 15.2. The Morgan fingerprint density at radius 2 is 1.59 bits per heavy atom. The average Bonchev–Trinajstić information content (AvgIpc) is 3.38. The molecule has 27 heavy (non-hydrogen) atoms. The molecule has 3 N–H and O–H groups in total. The monoisotopic (exact) mass is 371 g/mol. The van der Waals surface area contributed by atoms with Crippen LogP contribution in [0.3, 0.4) is 0 Å². The first kappa shape index (κ1) is 16.5. The molecule has 0 atom stereocenters. The number of anilines is 1. The van der Waals surface area contributed by atoms with Crippen LogP contribution in [0.5, 0.6) is 0 Å². The highest BCUT2D eigenvalue weighted by atomic mass is 32.1. The largest absolute Gasteiger partial charge is 0.329 e. The second-order valence-electron chi connectivity index (χ2n) is 7.53. The van der Waals surface area contributed by atoms with Gasteiger partial charge >= 0.3 is 5.13 Å². The Balaban J connectivity index is 1.58. The zero-order valence-corrected chi connectivity index (χ0v) is 16.1. The van der Waals surface area contributed by atoms with Crippen LogP contribution in [0.2, 0.25) is 0 Å². The van der Waals surface area contributed by atoms with Crippen LogP contribution in [0.25, 0.3) is 21.9 Å². The number of benzene rings is 3. The summed E-state index contributed by atoms with van der Waals surface area (Å²) < 4.78 is 0. The number of aromatic amines is 1. The molecule has 0 radical (unpaired) electrons. The number of hydrogen-bond acceptors (Lipinski definition) is 2. The van der Waals surface area contributed by atoms with Crippen molar-refractivity contribution in [3.05, 3.63) is 83.4 Å². The van der Waals surface area contributed by atoms with Gasteiger partial charge in [-0.1, -0.05) is 90.9 Å². The van der Waals surface area contributed by atoms with Crippen molar-refractivity contribution >= 4 is 27.2 Å². The Hall–Kier alpha value is -2.65. The maximum absolute atomic E-state index is 6.00. The van der Waals surface area contributed by atoms with Gasteiger partial charge in [0.15, 0.2) is 0 Å². The first-order chi connectivity index (χ1) is 13.3. The number of rotatable bonds is 3. The Labute approximate surface area is 163 Å². The standard InChI is InChI=1S/C24H22N2S/c25-23-26-22(16-27-23)24(14-3-4-15-24)19-12-10-18(11-13-19)21-9-5-7-17-6-1-2-8-20(17)21/h1-2,5-13,16H,3-4,14-15H2,(H2,25,26)/p+1. The van der Waals surface area contributed by atoms with Crippen LogP contribution >= 0.6 is 11.3 Å². The molecule has 1 aromatic heterocycles. The normalized spacial score (nSPS) is 16.0. The summed E-state index contributed by atoms with van der Waals surface area (Å²) in [7, 11) is 0. The molecule has 1 fully saturated rings. The molecule has 0 saturated heterocycles. The molecule has 4 aromatic rings. The number of fused-ring (bicyclic) bond motifs is 1. The second kappa shape index (κ2) is 6.50. The van der Waals surface area contributed by atoms with Crippen LogP contribution in [0.4, 0.5) is 5.13 Å². The lowest BCUT2D eigenvalue weighted by Crippen LogP contribution is -2.30. The number of H-pyrrole nitrogens is 1. The van der Waals surface area contributed by atoms with Gasteiger partial charge < -0.3 is 0 Å². The summed E-state index contributed by atoms with van der Waals surface area (Å²) in [5, 5.41) is 5.60. The molecule has 0 aliphatic heterocycles. The average molecular weight is 372 g/mol. The first-order valence-corrected chi connectivity index (χ1v) is 10.5. The topological polar surface area (TPSA) is 40.2 Å². The number of nitrogen functional groups attached to an aromatic ring is 1. The maximum Gasteiger partial charge on any atom is 0.329 e. The van der Waals surface area contributed by atoms with Gasteiger partial charge in [-0.3, -0.25) is 5.73 Å². The minimum Gasteiger partial charge on any atom is -0.278 e. The van der Waals surface area contributed by atoms with Crippen LogP contribution in [-0.4, -0.2) is 0 Å². The van der Waals surface area contributed by atoms with Crippen LogP contribution in [0.15, 0.2) is 72.1 Å². The molecule has 3 aromatic carbocycles. The van der Waals surface area contributed by atoms with Gasteiger partial charge in [-0.2, -0.15) is 0 Å². The minimum atomic E-state index is 0.0887. The van der Waals surface area contributed by atoms with Crippen molar-refractivity contribution in [3.8, 4) is 11.1 Å². The van der Waals surface area contributed by atoms with E-state index >= 15 is 0 Å². The van der Waals surface area contributed by atoms with Gasteiger partial charge in [0, 0.05) is 5.38 Å². The van der Waals surface area contributed by atoms with Gasteiger partial charge in [0.05, 0.1) is 5.41 Å². The highest BCUT2D eigenvalue weighted by molar-refractivity contribution is 7.13. The van der Waals surface area contributed by atoms with Gasteiger partial charge in [0.25, 0.3) is 0 Å². The van der Waals surface area contributed by atoms with Crippen LogP contribution in [0.1, 0.15) is 36.9 Å². The Morgan fingerprint density at radius 3 is 2.33 bits per heavy atom. The summed E-state index contributed by atoms with van der Waals surface area (Å²) in [4.78, 5) is 3.42. The highest BCUT2D eigenvalue weighted by Crippen LogP contribution is 2.46. The van der Waals surface area contributed by atoms with E-state index in [0.29, 0.717) is 0 Å². The van der Waals surface area contributed by atoms with Gasteiger partial charge in [-0.25, -0.2) is 4.98 Å². The third-order valence-electron chi connectivity index (χ3n) is 6.07. The quantitative estimate of drug-likeness (QED) is 0.484. The van der Waals surface area contributed by atoms with Crippen molar-refractivity contribution in [1.29, 1.82) is 0 Å². The van der Waals surface area contributed by atoms with Crippen molar-refractivity contribution in [2.75, 3.05) is 5.73 Å². The number of thiazole rings is 1. The molecule has 0 unspecified atom stereocenters. The SMILES string of the molecule is Nc1[nH+]c(C2(c3ccc(-c4cccc5ccccc45)cc3)CCCC2)cs1. The van der Waals surface area contributed by atoms with Crippen LogP contribution in [-0.2, 0) is 5.41 Å². The van der Waals surface area contributed by atoms with Gasteiger partial charge in [0.2, 0.25) is 0 Å². The molecular weight excluding hydrogens is 348 g/mol. The molecule has 1 heterocycles. The highest BCUT2D eigenvalue weighted by Gasteiger charge is 2.41. The fourth-order valence-corrected chi connectivity index (χ4v) is 5.38. The second-order valence-corrected chi connectivity index (χ2v) is 8.44. The van der Waals surface area contributed by atoms with Crippen LogP contribution < -0.4 is 10.7 Å². The summed E-state index contributed by atoms with van der Waals surface area (Å²) in [5.41, 5.74) is 11.3. The number of aromatic nitrogens is 1. The predicted molar refractivity (Wildman–Crippen MR) is 114 cm³/mol. The Bertz CT molecular complexity index is 1080. The lowest BCUT2D eigenvalue weighted by atomic mass is 9.76. The van der Waals surface area contributed by atoms with E-state index in [2.05, 4.69) is 77.1 Å². The fraction of sp³-hybridized carbons (Fsp3) is 0.208. The third kappa shape index (κ3) is 2.74. The molecule has 134 valence electrons. The lowest BCUT2D eigenvalue weighted by Gasteiger charge is -2.26. The van der Waals surface area contributed by atoms with Crippen molar-refractivity contribution in [3.63, 3.8) is 0 Å². The first-order valence-electron chi connectivity index (χ1n) is 9.62. The van der Waals surface area contributed by atoms with E-state index in [0.717, 1.165) is 5.13 Å². The smallest absolute Gasteiger partial charge is 0.278 e. The summed E-state index contributed by atoms with van der Waals surface area (Å²) in [5.74, 6) is 0. The zero-order chi connectivity index (χ0) is 18.3. The maximum atomic E-state index is 6.00. The summed E-state index contributed by atoms with van der Waals surface area (Å²) >= 11 is 1.61. The Morgan fingerprint density at radius 1 is 0.852 bits per heavy atom. The molecular formula is C24H23N2S+. The van der Waals surface area contributed by atoms with E-state index in [4.69, 9.17) is 5.73 Å². The van der Waals surface area contributed by atoms with Crippen molar-refractivity contribution in [2.24, 2.45) is 0 Å². The van der Waals surface area contributed by atoms with Gasteiger partial charge in [0.1, 0.15) is 5.69 Å². The molecule has 5 rings (SSSR count). The molecule has 1 aliphatic carbocycles. The van der Waals surface area contributed by atoms with Crippen molar-refractivity contribution in [1.82, 2.24) is 0 Å². The molecule has 0 spiro atoms. The summed E-state index contributed by atoms with van der Waals surface area (Å²) in [6, 6.07) is 24.4. The number of nitrogens with two attached hydrogens (primary N) is 1. The molecule has 3 heteroatoms.